The Hall–Kier alpha value is -0.160. The number of piperidine rings is 1. The first kappa shape index (κ1) is 14.9. The van der Waals surface area contributed by atoms with E-state index in [1.165, 1.54) is 32.5 Å². The summed E-state index contributed by atoms with van der Waals surface area (Å²) in [6.07, 6.45) is 2.59. The average Bonchev–Trinajstić information content (AvgIpc) is 2.31. The Balaban J connectivity index is 1.95. The highest BCUT2D eigenvalue weighted by atomic mass is 16.5. The maximum Gasteiger partial charge on any atom is 0.0491 e. The van der Waals surface area contributed by atoms with Crippen LogP contribution in [0.3, 0.4) is 0 Å². The number of likely N-dealkylation sites (N-methyl/N-ethyl adjacent to an activating group) is 1. The van der Waals surface area contributed by atoms with Crippen molar-refractivity contribution < 1.29 is 4.74 Å². The van der Waals surface area contributed by atoms with Gasteiger partial charge in [-0.2, -0.15) is 0 Å². The van der Waals surface area contributed by atoms with Crippen LogP contribution in [0.5, 0.6) is 0 Å². The van der Waals surface area contributed by atoms with Gasteiger partial charge in [0, 0.05) is 39.9 Å². The summed E-state index contributed by atoms with van der Waals surface area (Å²) in [5.41, 5.74) is 0. The first-order valence-corrected chi connectivity index (χ1v) is 6.79. The molecular weight excluding hydrogens is 214 g/mol. The maximum absolute atomic E-state index is 5.22. The highest BCUT2D eigenvalue weighted by molar-refractivity contribution is 4.72. The minimum atomic E-state index is 0.790. The first-order valence-electron chi connectivity index (χ1n) is 6.79. The molecule has 4 heteroatoms. The lowest BCUT2D eigenvalue weighted by molar-refractivity contribution is 0.0998. The van der Waals surface area contributed by atoms with Crippen molar-refractivity contribution in [1.29, 1.82) is 0 Å². The van der Waals surface area contributed by atoms with E-state index in [0.29, 0.717) is 0 Å². The van der Waals surface area contributed by atoms with Gasteiger partial charge in [0.1, 0.15) is 0 Å². The van der Waals surface area contributed by atoms with E-state index in [2.05, 4.69) is 29.2 Å². The lowest BCUT2D eigenvalue weighted by Gasteiger charge is -2.31. The van der Waals surface area contributed by atoms with E-state index in [0.717, 1.165) is 32.2 Å². The number of ether oxygens (including phenoxy) is 1. The minimum Gasteiger partial charge on any atom is -0.384 e. The Morgan fingerprint density at radius 3 is 2.53 bits per heavy atom. The number of nitrogens with one attached hydrogen (secondary N) is 1. The van der Waals surface area contributed by atoms with Gasteiger partial charge < -0.3 is 19.9 Å². The Morgan fingerprint density at radius 1 is 1.24 bits per heavy atom. The summed E-state index contributed by atoms with van der Waals surface area (Å²) in [5, 5.41) is 3.49. The molecular formula is C13H29N3O. The molecule has 0 aromatic rings. The van der Waals surface area contributed by atoms with Gasteiger partial charge in [-0.15, -0.1) is 0 Å². The average molecular weight is 243 g/mol. The Labute approximate surface area is 106 Å². The lowest BCUT2D eigenvalue weighted by Crippen LogP contribution is -2.40. The van der Waals surface area contributed by atoms with Crippen molar-refractivity contribution >= 4 is 0 Å². The number of hydrogen-bond donors (Lipinski definition) is 1. The molecule has 0 aromatic carbocycles. The third-order valence-electron chi connectivity index (χ3n) is 3.45. The number of methoxy groups -OCH3 is 1. The summed E-state index contributed by atoms with van der Waals surface area (Å²) < 4.78 is 5.22. The van der Waals surface area contributed by atoms with Crippen LogP contribution in [0, 0.1) is 5.92 Å². The zero-order valence-corrected chi connectivity index (χ0v) is 11.7. The quantitative estimate of drug-likeness (QED) is 0.628. The van der Waals surface area contributed by atoms with Gasteiger partial charge in [0.2, 0.25) is 0 Å². The second-order valence-corrected chi connectivity index (χ2v) is 5.29. The fourth-order valence-electron chi connectivity index (χ4n) is 2.28. The molecule has 0 spiro atoms. The third kappa shape index (κ3) is 6.99. The molecule has 1 aliphatic heterocycles. The van der Waals surface area contributed by atoms with Crippen LogP contribution in [0.4, 0.5) is 0 Å². The largest absolute Gasteiger partial charge is 0.384 e. The van der Waals surface area contributed by atoms with Gasteiger partial charge in [0.05, 0.1) is 0 Å². The van der Waals surface area contributed by atoms with Gasteiger partial charge in [0.25, 0.3) is 0 Å². The summed E-state index contributed by atoms with van der Waals surface area (Å²) in [4.78, 5) is 4.78. The number of hydrogen-bond acceptors (Lipinski definition) is 4. The van der Waals surface area contributed by atoms with Crippen molar-refractivity contribution in [2.75, 3.05) is 67.1 Å². The van der Waals surface area contributed by atoms with Gasteiger partial charge in [-0.3, -0.25) is 0 Å². The SMILES string of the molecule is COCC1CCN(CCNCCN(C)C)CC1. The highest BCUT2D eigenvalue weighted by Crippen LogP contribution is 2.16. The van der Waals surface area contributed by atoms with E-state index in [1.54, 1.807) is 7.11 Å². The number of nitrogens with zero attached hydrogens (tertiary/aromatic N) is 2. The normalized spacial score (nSPS) is 19.1. The van der Waals surface area contributed by atoms with Crippen molar-refractivity contribution in [3.63, 3.8) is 0 Å². The minimum absolute atomic E-state index is 0.790. The second kappa shape index (κ2) is 8.86. The van der Waals surface area contributed by atoms with Crippen LogP contribution in [0.2, 0.25) is 0 Å². The van der Waals surface area contributed by atoms with E-state index >= 15 is 0 Å². The summed E-state index contributed by atoms with van der Waals surface area (Å²) in [6.45, 7) is 7.93. The van der Waals surface area contributed by atoms with Crippen LogP contribution >= 0.6 is 0 Å². The Bertz CT molecular complexity index is 180. The van der Waals surface area contributed by atoms with E-state index in [-0.39, 0.29) is 0 Å². The number of rotatable bonds is 8. The van der Waals surface area contributed by atoms with Gasteiger partial charge >= 0.3 is 0 Å². The van der Waals surface area contributed by atoms with E-state index in [9.17, 15) is 0 Å². The molecule has 0 unspecified atom stereocenters. The molecule has 1 rings (SSSR count). The zero-order chi connectivity index (χ0) is 12.5. The summed E-state index contributed by atoms with van der Waals surface area (Å²) in [6, 6.07) is 0. The first-order chi connectivity index (χ1) is 8.22. The fourth-order valence-corrected chi connectivity index (χ4v) is 2.28. The molecule has 1 saturated heterocycles. The van der Waals surface area contributed by atoms with Crippen LogP contribution in [-0.2, 0) is 4.74 Å². The van der Waals surface area contributed by atoms with Crippen LogP contribution in [0.25, 0.3) is 0 Å². The molecule has 17 heavy (non-hydrogen) atoms. The summed E-state index contributed by atoms with van der Waals surface area (Å²) >= 11 is 0. The summed E-state index contributed by atoms with van der Waals surface area (Å²) in [7, 11) is 6.03. The smallest absolute Gasteiger partial charge is 0.0491 e. The van der Waals surface area contributed by atoms with Crippen molar-refractivity contribution in [3.05, 3.63) is 0 Å². The molecule has 102 valence electrons. The standard InChI is InChI=1S/C13H29N3O/c1-15(2)10-6-14-7-11-16-8-4-13(5-9-16)12-17-3/h13-14H,4-12H2,1-3H3. The molecule has 0 radical (unpaired) electrons. The van der Waals surface area contributed by atoms with Crippen LogP contribution < -0.4 is 5.32 Å². The summed E-state index contributed by atoms with van der Waals surface area (Å²) in [5.74, 6) is 0.790. The maximum atomic E-state index is 5.22. The van der Waals surface area contributed by atoms with Crippen molar-refractivity contribution in [2.24, 2.45) is 5.92 Å². The predicted octanol–water partition coefficient (Wildman–Crippen LogP) is 0.496. The number of likely N-dealkylation sites (tertiary alicyclic amines) is 1. The molecule has 0 bridgehead atoms. The molecule has 1 N–H and O–H groups in total. The molecule has 0 aromatic heterocycles. The van der Waals surface area contributed by atoms with E-state index in [1.807, 2.05) is 0 Å². The predicted molar refractivity (Wildman–Crippen MR) is 72.5 cm³/mol. The zero-order valence-electron chi connectivity index (χ0n) is 11.7. The molecule has 0 aliphatic carbocycles. The third-order valence-corrected chi connectivity index (χ3v) is 3.45. The van der Waals surface area contributed by atoms with Crippen LogP contribution in [0.1, 0.15) is 12.8 Å². The van der Waals surface area contributed by atoms with Gasteiger partial charge in [-0.1, -0.05) is 0 Å². The molecule has 0 amide bonds. The molecule has 1 fully saturated rings. The Morgan fingerprint density at radius 2 is 1.94 bits per heavy atom. The fraction of sp³-hybridized carbons (Fsp3) is 1.00. The molecule has 0 atom stereocenters. The van der Waals surface area contributed by atoms with Gasteiger partial charge in [0.15, 0.2) is 0 Å². The second-order valence-electron chi connectivity index (χ2n) is 5.29. The van der Waals surface area contributed by atoms with Crippen LogP contribution in [0.15, 0.2) is 0 Å². The molecule has 0 saturated carbocycles. The monoisotopic (exact) mass is 243 g/mol. The Kier molecular flexibility index (Phi) is 7.77. The van der Waals surface area contributed by atoms with Crippen LogP contribution in [-0.4, -0.2) is 76.9 Å². The molecule has 1 heterocycles. The molecule has 1 aliphatic rings. The van der Waals surface area contributed by atoms with Crippen molar-refractivity contribution in [1.82, 2.24) is 15.1 Å². The van der Waals surface area contributed by atoms with Gasteiger partial charge in [-0.25, -0.2) is 0 Å². The topological polar surface area (TPSA) is 27.7 Å². The van der Waals surface area contributed by atoms with Crippen molar-refractivity contribution in [2.45, 2.75) is 12.8 Å². The van der Waals surface area contributed by atoms with E-state index in [4.69, 9.17) is 4.74 Å². The van der Waals surface area contributed by atoms with Crippen molar-refractivity contribution in [3.8, 4) is 0 Å². The van der Waals surface area contributed by atoms with E-state index < -0.39 is 0 Å². The highest BCUT2D eigenvalue weighted by Gasteiger charge is 2.18. The lowest BCUT2D eigenvalue weighted by atomic mass is 9.98. The molecule has 4 nitrogen and oxygen atoms in total. The van der Waals surface area contributed by atoms with Gasteiger partial charge in [-0.05, 0) is 45.9 Å².